The second-order valence-electron chi connectivity index (χ2n) is 2.79. The van der Waals surface area contributed by atoms with Gasteiger partial charge in [0.25, 0.3) is 0 Å². The van der Waals surface area contributed by atoms with Gasteiger partial charge in [-0.25, -0.2) is 9.59 Å². The molecule has 1 rings (SSSR count). The molecule has 0 heterocycles. The number of aromatic carboxylic acids is 2. The highest BCUT2D eigenvalue weighted by Gasteiger charge is 2.27. The van der Waals surface area contributed by atoms with Crippen molar-refractivity contribution < 1.29 is 19.8 Å². The predicted molar refractivity (Wildman–Crippen MR) is 68.2 cm³/mol. The van der Waals surface area contributed by atoms with Crippen molar-refractivity contribution in [3.63, 3.8) is 0 Å². The van der Waals surface area contributed by atoms with Crippen LogP contribution in [0.1, 0.15) is 26.3 Å². The zero-order valence-corrected chi connectivity index (χ0v) is 12.6. The van der Waals surface area contributed by atoms with Crippen LogP contribution in [0.2, 0.25) is 0 Å². The maximum atomic E-state index is 11.0. The molecule has 5 nitrogen and oxygen atoms in total. The van der Waals surface area contributed by atoms with Crippen LogP contribution in [0.3, 0.4) is 0 Å². The maximum Gasteiger partial charge on any atom is 0.338 e. The van der Waals surface area contributed by atoms with Crippen molar-refractivity contribution in [3.05, 3.63) is 30.1 Å². The van der Waals surface area contributed by atoms with Crippen LogP contribution in [0.25, 0.3) is 0 Å². The zero-order valence-electron chi connectivity index (χ0n) is 7.79. The Balaban J connectivity index is 3.91. The molecular formula is C9H2Br3NO4. The highest BCUT2D eigenvalue weighted by Crippen LogP contribution is 2.38. The maximum absolute atomic E-state index is 11.0. The summed E-state index contributed by atoms with van der Waals surface area (Å²) in [5.74, 6) is -2.68. The van der Waals surface area contributed by atoms with E-state index in [0.29, 0.717) is 0 Å². The van der Waals surface area contributed by atoms with Crippen LogP contribution in [0.4, 0.5) is 0 Å². The van der Waals surface area contributed by atoms with Gasteiger partial charge in [-0.3, -0.25) is 0 Å². The van der Waals surface area contributed by atoms with Crippen LogP contribution < -0.4 is 0 Å². The molecular weight excluding hydrogens is 426 g/mol. The van der Waals surface area contributed by atoms with Gasteiger partial charge < -0.3 is 10.2 Å². The Kier molecular flexibility index (Phi) is 4.30. The summed E-state index contributed by atoms with van der Waals surface area (Å²) in [6, 6.07) is 1.74. The number of carboxylic acid groups (broad SMARTS) is 2. The van der Waals surface area contributed by atoms with Gasteiger partial charge in [0.15, 0.2) is 0 Å². The molecule has 1 aromatic rings. The van der Waals surface area contributed by atoms with Gasteiger partial charge in [-0.2, -0.15) is 5.26 Å². The first-order valence-electron chi connectivity index (χ1n) is 3.90. The van der Waals surface area contributed by atoms with Gasteiger partial charge in [0, 0.05) is 4.47 Å². The van der Waals surface area contributed by atoms with E-state index in [1.807, 2.05) is 0 Å². The fraction of sp³-hybridized carbons (Fsp3) is 0. The Morgan fingerprint density at radius 1 is 0.941 bits per heavy atom. The molecule has 0 radical (unpaired) electrons. The highest BCUT2D eigenvalue weighted by molar-refractivity contribution is 9.11. The van der Waals surface area contributed by atoms with Crippen LogP contribution in [-0.2, 0) is 0 Å². The minimum absolute atomic E-state index is 0.0243. The first-order chi connectivity index (χ1) is 7.82. The van der Waals surface area contributed by atoms with Crippen molar-refractivity contribution >= 4 is 59.7 Å². The van der Waals surface area contributed by atoms with Crippen LogP contribution in [0, 0.1) is 11.3 Å². The second kappa shape index (κ2) is 5.16. The first-order valence-corrected chi connectivity index (χ1v) is 6.28. The Morgan fingerprint density at radius 2 is 1.29 bits per heavy atom. The number of hydrogen-bond donors (Lipinski definition) is 2. The summed E-state index contributed by atoms with van der Waals surface area (Å²) < 4.78 is -0.0530. The number of nitrogens with zero attached hydrogens (tertiary/aromatic N) is 1. The lowest BCUT2D eigenvalue weighted by atomic mass is 10.1. The van der Waals surface area contributed by atoms with E-state index in [9.17, 15) is 9.59 Å². The average molecular weight is 428 g/mol. The molecule has 0 aliphatic heterocycles. The quantitative estimate of drug-likeness (QED) is 0.755. The van der Waals surface area contributed by atoms with Gasteiger partial charge in [-0.1, -0.05) is 0 Å². The molecule has 0 bridgehead atoms. The van der Waals surface area contributed by atoms with Crippen molar-refractivity contribution in [2.24, 2.45) is 0 Å². The molecule has 88 valence electrons. The summed E-state index contributed by atoms with van der Waals surface area (Å²) in [6.45, 7) is 0. The molecule has 1 aromatic carbocycles. The molecule has 0 fully saturated rings. The molecule has 2 N–H and O–H groups in total. The predicted octanol–water partition coefficient (Wildman–Crippen LogP) is 3.24. The lowest BCUT2D eigenvalue weighted by molar-refractivity contribution is 0.0694. The number of hydrogen-bond acceptors (Lipinski definition) is 3. The van der Waals surface area contributed by atoms with Gasteiger partial charge in [0.1, 0.15) is 6.07 Å². The third kappa shape index (κ3) is 2.36. The average Bonchev–Trinajstić information content (AvgIpc) is 2.16. The van der Waals surface area contributed by atoms with Gasteiger partial charge in [0.2, 0.25) is 0 Å². The van der Waals surface area contributed by atoms with Crippen molar-refractivity contribution in [2.45, 2.75) is 0 Å². The summed E-state index contributed by atoms with van der Waals surface area (Å²) in [5.41, 5.74) is -0.688. The van der Waals surface area contributed by atoms with E-state index in [0.717, 1.165) is 0 Å². The number of carbonyl (C=O) groups is 2. The Morgan fingerprint density at radius 3 is 1.53 bits per heavy atom. The molecule has 0 atom stereocenters. The minimum Gasteiger partial charge on any atom is -0.478 e. The van der Waals surface area contributed by atoms with Gasteiger partial charge in [-0.15, -0.1) is 0 Å². The highest BCUT2D eigenvalue weighted by atomic mass is 79.9. The molecule has 0 saturated heterocycles. The number of nitriles is 1. The molecule has 0 unspecified atom stereocenters. The molecule has 0 saturated carbocycles. The van der Waals surface area contributed by atoms with Crippen molar-refractivity contribution in [1.82, 2.24) is 0 Å². The zero-order chi connectivity index (χ0) is 13.3. The smallest absolute Gasteiger partial charge is 0.338 e. The molecule has 0 aliphatic rings. The fourth-order valence-corrected chi connectivity index (χ4v) is 3.98. The molecule has 0 spiro atoms. The van der Waals surface area contributed by atoms with E-state index in [-0.39, 0.29) is 30.1 Å². The first kappa shape index (κ1) is 14.2. The van der Waals surface area contributed by atoms with Gasteiger partial charge >= 0.3 is 11.9 Å². The summed E-state index contributed by atoms with van der Waals surface area (Å²) in [7, 11) is 0. The second-order valence-corrected chi connectivity index (χ2v) is 5.17. The largest absolute Gasteiger partial charge is 0.478 e. The molecule has 0 aromatic heterocycles. The van der Waals surface area contributed by atoms with Crippen molar-refractivity contribution in [2.75, 3.05) is 0 Å². The topological polar surface area (TPSA) is 98.4 Å². The van der Waals surface area contributed by atoms with E-state index >= 15 is 0 Å². The summed E-state index contributed by atoms with van der Waals surface area (Å²) in [5, 5.41) is 26.9. The number of rotatable bonds is 2. The third-order valence-electron chi connectivity index (χ3n) is 1.86. The lowest BCUT2D eigenvalue weighted by Crippen LogP contribution is -2.09. The summed E-state index contributed by atoms with van der Waals surface area (Å²) in [6.07, 6.45) is 0. The Labute approximate surface area is 120 Å². The van der Waals surface area contributed by atoms with Crippen molar-refractivity contribution in [1.29, 1.82) is 5.26 Å². The summed E-state index contributed by atoms with van der Waals surface area (Å²) >= 11 is 8.86. The third-order valence-corrected chi connectivity index (χ3v) is 4.24. The number of halogens is 3. The van der Waals surface area contributed by atoms with E-state index in [4.69, 9.17) is 15.5 Å². The van der Waals surface area contributed by atoms with Crippen LogP contribution in [0.5, 0.6) is 0 Å². The van der Waals surface area contributed by atoms with E-state index in [2.05, 4.69) is 47.8 Å². The van der Waals surface area contributed by atoms with Crippen molar-refractivity contribution in [3.8, 4) is 6.07 Å². The van der Waals surface area contributed by atoms with E-state index in [1.165, 1.54) is 0 Å². The fourth-order valence-electron chi connectivity index (χ4n) is 1.14. The summed E-state index contributed by atoms with van der Waals surface area (Å²) in [4.78, 5) is 22.0. The standard InChI is InChI=1S/C9H2Br3NO4/c10-5-2(1-13)6(11)4(9(16)17)7(12)3(5)8(14)15/h(H,14,15)(H,16,17). The van der Waals surface area contributed by atoms with Gasteiger partial charge in [-0.05, 0) is 47.8 Å². The number of carboxylic acids is 2. The lowest BCUT2D eigenvalue weighted by Gasteiger charge is -2.10. The molecule has 0 aliphatic carbocycles. The molecule has 8 heteroatoms. The van der Waals surface area contributed by atoms with Crippen LogP contribution in [0.15, 0.2) is 13.4 Å². The Hall–Kier alpha value is -0.910. The van der Waals surface area contributed by atoms with Crippen LogP contribution >= 0.6 is 47.8 Å². The normalized spacial score (nSPS) is 9.76. The Bertz CT molecular complexity index is 536. The number of benzene rings is 1. The SMILES string of the molecule is N#Cc1c(Br)c(C(=O)O)c(Br)c(C(=O)O)c1Br. The van der Waals surface area contributed by atoms with Gasteiger partial charge in [0.05, 0.1) is 25.6 Å². The molecule has 0 amide bonds. The monoisotopic (exact) mass is 425 g/mol. The van der Waals surface area contributed by atoms with Crippen LogP contribution in [-0.4, -0.2) is 22.2 Å². The molecule has 17 heavy (non-hydrogen) atoms. The van der Waals surface area contributed by atoms with E-state index in [1.54, 1.807) is 6.07 Å². The van der Waals surface area contributed by atoms with E-state index < -0.39 is 11.9 Å². The minimum atomic E-state index is -1.34.